The topological polar surface area (TPSA) is 20.3 Å². The van der Waals surface area contributed by atoms with Crippen molar-refractivity contribution in [3.05, 3.63) is 0 Å². The molecular weight excluding hydrogens is 186 g/mol. The maximum atomic E-state index is 11.7. The van der Waals surface area contributed by atoms with Gasteiger partial charge in [-0.25, -0.2) is 0 Å². The Morgan fingerprint density at radius 3 is 2.46 bits per heavy atom. The Morgan fingerprint density at radius 1 is 1.69 bits per heavy atom. The first-order valence-corrected chi connectivity index (χ1v) is 5.17. The highest BCUT2D eigenvalue weighted by Crippen LogP contribution is 2.52. The molecule has 2 nitrogen and oxygen atoms in total. The van der Waals surface area contributed by atoms with E-state index in [1.807, 2.05) is 14.0 Å². The molecule has 1 aliphatic carbocycles. The van der Waals surface area contributed by atoms with Crippen LogP contribution in [0.25, 0.3) is 0 Å². The lowest BCUT2D eigenvalue weighted by molar-refractivity contribution is -0.131. The maximum Gasteiger partial charge on any atom is 0.226 e. The first kappa shape index (κ1) is 10.8. The fraction of sp³-hybridized carbons (Fsp3) is 0.900. The summed E-state index contributed by atoms with van der Waals surface area (Å²) in [6, 6.07) is 0. The fourth-order valence-electron chi connectivity index (χ4n) is 1.62. The van der Waals surface area contributed by atoms with Crippen molar-refractivity contribution in [3.8, 4) is 0 Å². The molecule has 3 heteroatoms. The summed E-state index contributed by atoms with van der Waals surface area (Å²) < 4.78 is 0. The molecule has 1 amide bonds. The van der Waals surface area contributed by atoms with Crippen LogP contribution >= 0.6 is 11.6 Å². The van der Waals surface area contributed by atoms with Crippen LogP contribution in [0, 0.1) is 11.3 Å². The van der Waals surface area contributed by atoms with Gasteiger partial charge in [-0.15, -0.1) is 11.6 Å². The molecule has 0 aliphatic heterocycles. The number of hydrogen-bond donors (Lipinski definition) is 0. The average molecular weight is 204 g/mol. The summed E-state index contributed by atoms with van der Waals surface area (Å²) in [7, 11) is 1.83. The van der Waals surface area contributed by atoms with E-state index in [0.29, 0.717) is 6.54 Å². The zero-order chi connectivity index (χ0) is 10.2. The number of carbonyl (C=O) groups excluding carboxylic acids is 1. The van der Waals surface area contributed by atoms with E-state index in [0.717, 1.165) is 6.42 Å². The molecular formula is C10H18ClNO. The summed E-state index contributed by atoms with van der Waals surface area (Å²) in [6.45, 7) is 6.82. The molecule has 0 aromatic heterocycles. The molecule has 1 saturated carbocycles. The molecule has 1 aliphatic rings. The van der Waals surface area contributed by atoms with Gasteiger partial charge in [0.25, 0.3) is 0 Å². The molecule has 2 atom stereocenters. The van der Waals surface area contributed by atoms with E-state index >= 15 is 0 Å². The Morgan fingerprint density at radius 2 is 2.15 bits per heavy atom. The predicted molar refractivity (Wildman–Crippen MR) is 54.8 cm³/mol. The van der Waals surface area contributed by atoms with Crippen molar-refractivity contribution in [2.24, 2.45) is 11.3 Å². The summed E-state index contributed by atoms with van der Waals surface area (Å²) in [5.41, 5.74) is 0.223. The van der Waals surface area contributed by atoms with Crippen LogP contribution in [0.2, 0.25) is 0 Å². The SMILES string of the molecule is CC(Cl)CN(C)C(=O)C1CC1(C)C. The van der Waals surface area contributed by atoms with E-state index in [9.17, 15) is 4.79 Å². The van der Waals surface area contributed by atoms with E-state index < -0.39 is 0 Å². The van der Waals surface area contributed by atoms with Gasteiger partial charge in [-0.2, -0.15) is 0 Å². The highest BCUT2D eigenvalue weighted by Gasteiger charge is 2.51. The summed E-state index contributed by atoms with van der Waals surface area (Å²) in [5.74, 6) is 0.477. The Kier molecular flexibility index (Phi) is 2.91. The number of halogens is 1. The van der Waals surface area contributed by atoms with Gasteiger partial charge in [0, 0.05) is 24.9 Å². The Labute approximate surface area is 85.2 Å². The second-order valence-corrected chi connectivity index (χ2v) is 5.49. The van der Waals surface area contributed by atoms with Crippen LogP contribution < -0.4 is 0 Å². The van der Waals surface area contributed by atoms with Crippen LogP contribution in [0.5, 0.6) is 0 Å². The van der Waals surface area contributed by atoms with Crippen molar-refractivity contribution in [2.45, 2.75) is 32.6 Å². The average Bonchev–Trinajstić information content (AvgIpc) is 2.57. The molecule has 0 heterocycles. The van der Waals surface area contributed by atoms with Crippen molar-refractivity contribution in [1.82, 2.24) is 4.90 Å². The highest BCUT2D eigenvalue weighted by atomic mass is 35.5. The molecule has 0 bridgehead atoms. The van der Waals surface area contributed by atoms with Crippen molar-refractivity contribution in [1.29, 1.82) is 0 Å². The molecule has 0 spiro atoms. The Balaban J connectivity index is 2.41. The van der Waals surface area contributed by atoms with Crippen LogP contribution in [0.4, 0.5) is 0 Å². The van der Waals surface area contributed by atoms with Gasteiger partial charge in [0.1, 0.15) is 0 Å². The summed E-state index contributed by atoms with van der Waals surface area (Å²) in [5, 5.41) is 0.0378. The second kappa shape index (κ2) is 3.49. The lowest BCUT2D eigenvalue weighted by Gasteiger charge is -2.19. The number of amides is 1. The van der Waals surface area contributed by atoms with Crippen molar-refractivity contribution in [3.63, 3.8) is 0 Å². The van der Waals surface area contributed by atoms with Crippen LogP contribution in [-0.4, -0.2) is 29.8 Å². The lowest BCUT2D eigenvalue weighted by atomic mass is 10.1. The second-order valence-electron chi connectivity index (χ2n) is 4.74. The maximum absolute atomic E-state index is 11.7. The third kappa shape index (κ3) is 2.60. The van der Waals surface area contributed by atoms with E-state index in [-0.39, 0.29) is 22.6 Å². The summed E-state index contributed by atoms with van der Waals surface area (Å²) >= 11 is 5.82. The Hall–Kier alpha value is -0.240. The minimum Gasteiger partial charge on any atom is -0.344 e. The number of nitrogens with zero attached hydrogens (tertiary/aromatic N) is 1. The molecule has 1 fully saturated rings. The monoisotopic (exact) mass is 203 g/mol. The number of carbonyl (C=O) groups is 1. The van der Waals surface area contributed by atoms with E-state index in [1.54, 1.807) is 4.90 Å². The van der Waals surface area contributed by atoms with E-state index in [2.05, 4.69) is 13.8 Å². The van der Waals surface area contributed by atoms with E-state index in [4.69, 9.17) is 11.6 Å². The number of alkyl halides is 1. The van der Waals surface area contributed by atoms with Crippen molar-refractivity contribution < 1.29 is 4.79 Å². The van der Waals surface area contributed by atoms with Gasteiger partial charge in [-0.05, 0) is 18.8 Å². The van der Waals surface area contributed by atoms with Gasteiger partial charge in [-0.3, -0.25) is 4.79 Å². The molecule has 0 aromatic rings. The Bertz CT molecular complexity index is 213. The van der Waals surface area contributed by atoms with Gasteiger partial charge in [-0.1, -0.05) is 13.8 Å². The summed E-state index contributed by atoms with van der Waals surface area (Å²) in [6.07, 6.45) is 1.02. The van der Waals surface area contributed by atoms with Gasteiger partial charge in [0.15, 0.2) is 0 Å². The molecule has 13 heavy (non-hydrogen) atoms. The van der Waals surface area contributed by atoms with Gasteiger partial charge in [0.2, 0.25) is 5.91 Å². The highest BCUT2D eigenvalue weighted by molar-refractivity contribution is 6.20. The van der Waals surface area contributed by atoms with Gasteiger partial charge >= 0.3 is 0 Å². The fourth-order valence-corrected chi connectivity index (χ4v) is 1.83. The summed E-state index contributed by atoms with van der Waals surface area (Å²) in [4.78, 5) is 13.5. The largest absolute Gasteiger partial charge is 0.344 e. The van der Waals surface area contributed by atoms with Gasteiger partial charge < -0.3 is 4.90 Å². The number of rotatable bonds is 3. The lowest BCUT2D eigenvalue weighted by Crippen LogP contribution is -2.33. The predicted octanol–water partition coefficient (Wildman–Crippen LogP) is 2.12. The standard InChI is InChI=1S/C10H18ClNO/c1-7(11)6-12(4)9(13)8-5-10(8,2)3/h7-8H,5-6H2,1-4H3. The van der Waals surface area contributed by atoms with E-state index in [1.165, 1.54) is 0 Å². The van der Waals surface area contributed by atoms with Crippen LogP contribution in [-0.2, 0) is 4.79 Å². The van der Waals surface area contributed by atoms with Crippen molar-refractivity contribution >= 4 is 17.5 Å². The molecule has 2 unspecified atom stereocenters. The molecule has 0 N–H and O–H groups in total. The molecule has 1 rings (SSSR count). The van der Waals surface area contributed by atoms with Crippen LogP contribution in [0.1, 0.15) is 27.2 Å². The molecule has 76 valence electrons. The zero-order valence-corrected chi connectivity index (χ0v) is 9.56. The van der Waals surface area contributed by atoms with Crippen LogP contribution in [0.15, 0.2) is 0 Å². The molecule has 0 radical (unpaired) electrons. The normalized spacial score (nSPS) is 26.7. The first-order valence-electron chi connectivity index (χ1n) is 4.73. The van der Waals surface area contributed by atoms with Crippen molar-refractivity contribution in [2.75, 3.05) is 13.6 Å². The van der Waals surface area contributed by atoms with Gasteiger partial charge in [0.05, 0.1) is 0 Å². The zero-order valence-electron chi connectivity index (χ0n) is 8.80. The first-order chi connectivity index (χ1) is 5.84. The minimum absolute atomic E-state index is 0.0378. The van der Waals surface area contributed by atoms with Crippen LogP contribution in [0.3, 0.4) is 0 Å². The third-order valence-electron chi connectivity index (χ3n) is 2.71. The third-order valence-corrected chi connectivity index (χ3v) is 2.85. The molecule has 0 saturated heterocycles. The quantitative estimate of drug-likeness (QED) is 0.644. The minimum atomic E-state index is 0.0378. The smallest absolute Gasteiger partial charge is 0.226 e. The number of hydrogen-bond acceptors (Lipinski definition) is 1. The molecule has 0 aromatic carbocycles.